The van der Waals surface area contributed by atoms with E-state index >= 15 is 0 Å². The first-order valence-electron chi connectivity index (χ1n) is 11.2. The first kappa shape index (κ1) is 25.3. The van der Waals surface area contributed by atoms with E-state index in [1.807, 2.05) is 31.2 Å². The van der Waals surface area contributed by atoms with Crippen LogP contribution in [-0.2, 0) is 16.2 Å². The van der Waals surface area contributed by atoms with Crippen molar-refractivity contribution in [3.63, 3.8) is 0 Å². The molecular formula is C27H23ClN2O5S. The molecule has 0 aliphatic carbocycles. The summed E-state index contributed by atoms with van der Waals surface area (Å²) in [6.07, 6.45) is 1.62. The number of nitrogens with zero attached hydrogens (tertiary/aromatic N) is 1. The average Bonchev–Trinajstić information content (AvgIpc) is 3.12. The van der Waals surface area contributed by atoms with Crippen LogP contribution in [0.5, 0.6) is 11.5 Å². The zero-order valence-corrected chi connectivity index (χ0v) is 21.0. The second-order valence-corrected chi connectivity index (χ2v) is 9.19. The molecule has 4 rings (SSSR count). The number of benzene rings is 3. The Hall–Kier alpha value is -3.75. The van der Waals surface area contributed by atoms with Gasteiger partial charge >= 0.3 is 0 Å². The number of ether oxygens (including phenoxy) is 2. The Morgan fingerprint density at radius 1 is 1.00 bits per heavy atom. The molecule has 3 amide bonds. The topological polar surface area (TPSA) is 84.9 Å². The number of hydrogen-bond donors (Lipinski definition) is 1. The number of hydrogen-bond acceptors (Lipinski definition) is 6. The van der Waals surface area contributed by atoms with Crippen LogP contribution in [-0.4, -0.2) is 35.1 Å². The summed E-state index contributed by atoms with van der Waals surface area (Å²) in [5, 5.41) is 2.85. The molecule has 1 aliphatic rings. The zero-order chi connectivity index (χ0) is 25.5. The zero-order valence-electron chi connectivity index (χ0n) is 19.4. The van der Waals surface area contributed by atoms with Crippen LogP contribution < -0.4 is 14.8 Å². The van der Waals surface area contributed by atoms with Gasteiger partial charge in [0.2, 0.25) is 5.91 Å². The highest BCUT2D eigenvalue weighted by Crippen LogP contribution is 2.32. The smallest absolute Gasteiger partial charge is 0.294 e. The Morgan fingerprint density at radius 2 is 1.75 bits per heavy atom. The van der Waals surface area contributed by atoms with E-state index in [1.165, 1.54) is 0 Å². The largest absolute Gasteiger partial charge is 0.494 e. The van der Waals surface area contributed by atoms with Gasteiger partial charge in [-0.05, 0) is 84.4 Å². The average molecular weight is 523 g/mol. The van der Waals surface area contributed by atoms with E-state index < -0.39 is 17.1 Å². The van der Waals surface area contributed by atoms with Crippen molar-refractivity contribution in [2.75, 3.05) is 18.5 Å². The first-order chi connectivity index (χ1) is 17.4. The van der Waals surface area contributed by atoms with Crippen LogP contribution in [0, 0.1) is 0 Å². The van der Waals surface area contributed by atoms with Crippen molar-refractivity contribution in [1.29, 1.82) is 0 Å². The third-order valence-electron chi connectivity index (χ3n) is 5.10. The van der Waals surface area contributed by atoms with Gasteiger partial charge in [-0.2, -0.15) is 0 Å². The van der Waals surface area contributed by atoms with Crippen LogP contribution in [0.1, 0.15) is 18.1 Å². The highest BCUT2D eigenvalue weighted by molar-refractivity contribution is 8.18. The second kappa shape index (κ2) is 11.8. The van der Waals surface area contributed by atoms with E-state index in [0.717, 1.165) is 22.2 Å². The van der Waals surface area contributed by atoms with E-state index in [9.17, 15) is 14.4 Å². The molecule has 0 radical (unpaired) electrons. The molecule has 36 heavy (non-hydrogen) atoms. The van der Waals surface area contributed by atoms with Crippen LogP contribution in [0.3, 0.4) is 0 Å². The summed E-state index contributed by atoms with van der Waals surface area (Å²) in [4.78, 5) is 38.9. The van der Waals surface area contributed by atoms with Crippen molar-refractivity contribution in [3.8, 4) is 11.5 Å². The quantitative estimate of drug-likeness (QED) is 0.347. The number of imide groups is 1. The molecule has 9 heteroatoms. The number of rotatable bonds is 9. The van der Waals surface area contributed by atoms with Crippen LogP contribution in [0.15, 0.2) is 77.7 Å². The van der Waals surface area contributed by atoms with Gasteiger partial charge in [-0.15, -0.1) is 0 Å². The van der Waals surface area contributed by atoms with Gasteiger partial charge in [0.1, 0.15) is 24.7 Å². The molecule has 0 aromatic heterocycles. The number of nitrogens with one attached hydrogen (secondary N) is 1. The van der Waals surface area contributed by atoms with Crippen molar-refractivity contribution in [2.24, 2.45) is 0 Å². The Labute approximate surface area is 218 Å². The Morgan fingerprint density at radius 3 is 2.47 bits per heavy atom. The molecule has 1 heterocycles. The fourth-order valence-corrected chi connectivity index (χ4v) is 4.34. The van der Waals surface area contributed by atoms with Crippen LogP contribution >= 0.6 is 23.4 Å². The van der Waals surface area contributed by atoms with Crippen molar-refractivity contribution >= 4 is 52.2 Å². The molecule has 0 bridgehead atoms. The number of carbonyl (C=O) groups is 3. The lowest BCUT2D eigenvalue weighted by Gasteiger charge is -2.12. The summed E-state index contributed by atoms with van der Waals surface area (Å²) < 4.78 is 11.2. The molecular weight excluding hydrogens is 500 g/mol. The number of thioether (sulfide) groups is 1. The van der Waals surface area contributed by atoms with Gasteiger partial charge in [-0.25, -0.2) is 0 Å². The Bertz CT molecular complexity index is 1290. The highest BCUT2D eigenvalue weighted by atomic mass is 35.5. The molecule has 184 valence electrons. The minimum Gasteiger partial charge on any atom is -0.494 e. The molecule has 0 unspecified atom stereocenters. The van der Waals surface area contributed by atoms with Gasteiger partial charge in [0.05, 0.1) is 11.5 Å². The predicted molar refractivity (Wildman–Crippen MR) is 141 cm³/mol. The summed E-state index contributed by atoms with van der Waals surface area (Å²) in [6, 6.07) is 21.4. The molecule has 1 saturated heterocycles. The minimum atomic E-state index is -0.515. The summed E-state index contributed by atoms with van der Waals surface area (Å²) in [7, 11) is 0. The molecule has 0 spiro atoms. The van der Waals surface area contributed by atoms with E-state index in [0.29, 0.717) is 41.0 Å². The highest BCUT2D eigenvalue weighted by Gasteiger charge is 2.36. The van der Waals surface area contributed by atoms with Gasteiger partial charge in [0.15, 0.2) is 0 Å². The molecule has 1 fully saturated rings. The number of anilines is 1. The Kier molecular flexibility index (Phi) is 8.30. The summed E-state index contributed by atoms with van der Waals surface area (Å²) in [5.74, 6) is 0.318. The monoisotopic (exact) mass is 522 g/mol. The fourth-order valence-electron chi connectivity index (χ4n) is 3.37. The number of halogens is 1. The van der Waals surface area contributed by atoms with Crippen molar-refractivity contribution in [2.45, 2.75) is 13.5 Å². The van der Waals surface area contributed by atoms with Gasteiger partial charge < -0.3 is 14.8 Å². The molecule has 0 atom stereocenters. The maximum Gasteiger partial charge on any atom is 0.294 e. The predicted octanol–water partition coefficient (Wildman–Crippen LogP) is 5.99. The van der Waals surface area contributed by atoms with E-state index in [1.54, 1.807) is 54.6 Å². The van der Waals surface area contributed by atoms with Gasteiger partial charge in [0.25, 0.3) is 11.1 Å². The summed E-state index contributed by atoms with van der Waals surface area (Å²) in [5.41, 5.74) is 2.21. The lowest BCUT2D eigenvalue weighted by Crippen LogP contribution is -2.36. The molecule has 3 aromatic rings. The van der Waals surface area contributed by atoms with E-state index in [-0.39, 0.29) is 11.4 Å². The van der Waals surface area contributed by atoms with E-state index in [4.69, 9.17) is 21.1 Å². The second-order valence-electron chi connectivity index (χ2n) is 7.76. The van der Waals surface area contributed by atoms with Crippen molar-refractivity contribution in [3.05, 3.63) is 93.9 Å². The summed E-state index contributed by atoms with van der Waals surface area (Å²) in [6.45, 7) is 2.41. The lowest BCUT2D eigenvalue weighted by atomic mass is 10.2. The third-order valence-corrected chi connectivity index (χ3v) is 6.26. The van der Waals surface area contributed by atoms with Crippen LogP contribution in [0.4, 0.5) is 10.5 Å². The first-order valence-corrected chi connectivity index (χ1v) is 12.4. The summed E-state index contributed by atoms with van der Waals surface area (Å²) >= 11 is 6.71. The van der Waals surface area contributed by atoms with Crippen LogP contribution in [0.2, 0.25) is 5.02 Å². The van der Waals surface area contributed by atoms with Crippen molar-refractivity contribution < 1.29 is 23.9 Å². The van der Waals surface area contributed by atoms with Gasteiger partial charge in [-0.3, -0.25) is 19.3 Å². The molecule has 0 saturated carbocycles. The standard InChI is InChI=1S/C27H23ClN2O5S/c1-2-34-22-12-10-21(11-13-22)29-25(31)16-30-26(32)24(36-27(30)33)15-19-4-3-5-23(14-19)35-17-18-6-8-20(28)9-7-18/h3-15H,2,16-17H2,1H3,(H,29,31)/b24-15+. The number of amides is 3. The number of carbonyl (C=O) groups excluding carboxylic acids is 3. The Balaban J connectivity index is 1.36. The fraction of sp³-hybridized carbons (Fsp3) is 0.148. The van der Waals surface area contributed by atoms with Gasteiger partial charge in [-0.1, -0.05) is 35.9 Å². The van der Waals surface area contributed by atoms with Crippen molar-refractivity contribution in [1.82, 2.24) is 4.90 Å². The minimum absolute atomic E-state index is 0.240. The molecule has 7 nitrogen and oxygen atoms in total. The molecule has 3 aromatic carbocycles. The third kappa shape index (κ3) is 6.68. The van der Waals surface area contributed by atoms with E-state index in [2.05, 4.69) is 5.32 Å². The normalized spacial score (nSPS) is 14.3. The molecule has 1 aliphatic heterocycles. The SMILES string of the molecule is CCOc1ccc(NC(=O)CN2C(=O)S/C(=C/c3cccc(OCc4ccc(Cl)cc4)c3)C2=O)cc1. The van der Waals surface area contributed by atoms with Crippen LogP contribution in [0.25, 0.3) is 6.08 Å². The lowest BCUT2D eigenvalue weighted by molar-refractivity contribution is -0.127. The molecule has 1 N–H and O–H groups in total. The maximum atomic E-state index is 12.8. The maximum absolute atomic E-state index is 12.8. The van der Waals surface area contributed by atoms with Gasteiger partial charge in [0, 0.05) is 10.7 Å².